The molecule has 0 bridgehead atoms. The summed E-state index contributed by atoms with van der Waals surface area (Å²) in [5.74, 6) is 0.511. The Bertz CT molecular complexity index is 397. The summed E-state index contributed by atoms with van der Waals surface area (Å²) in [6.45, 7) is 0.415. The molecule has 4 nitrogen and oxygen atoms in total. The first kappa shape index (κ1) is 11.4. The molecule has 1 unspecified atom stereocenters. The summed E-state index contributed by atoms with van der Waals surface area (Å²) in [6.07, 6.45) is 0.978. The molecule has 0 fully saturated rings. The van der Waals surface area contributed by atoms with E-state index >= 15 is 0 Å². The molecule has 1 aromatic carbocycles. The van der Waals surface area contributed by atoms with Crippen molar-refractivity contribution in [1.29, 1.82) is 0 Å². The third kappa shape index (κ3) is 1.93. The van der Waals surface area contributed by atoms with E-state index < -0.39 is 6.23 Å². The van der Waals surface area contributed by atoms with Crippen molar-refractivity contribution in [2.45, 2.75) is 6.23 Å². The van der Waals surface area contributed by atoms with Gasteiger partial charge in [0.15, 0.2) is 6.23 Å². The smallest absolute Gasteiger partial charge is 0.280 e. The number of aliphatic hydroxyl groups excluding tert-OH is 1. The van der Waals surface area contributed by atoms with Crippen LogP contribution in [0.5, 0.6) is 0 Å². The Hall–Kier alpha value is -1.04. The molecular formula is C11H13NO3S. The maximum absolute atomic E-state index is 11.8. The van der Waals surface area contributed by atoms with Gasteiger partial charge in [0.25, 0.3) is 5.91 Å². The van der Waals surface area contributed by atoms with Crippen molar-refractivity contribution in [3.8, 4) is 0 Å². The second kappa shape index (κ2) is 4.86. The maximum Gasteiger partial charge on any atom is 0.280 e. The number of hydrogen-bond acceptors (Lipinski definition) is 4. The first-order valence-corrected chi connectivity index (χ1v) is 6.37. The van der Waals surface area contributed by atoms with Crippen molar-refractivity contribution >= 4 is 17.7 Å². The molecule has 86 valence electrons. The second-order valence-corrected chi connectivity index (χ2v) is 4.40. The number of thioether (sulfide) groups is 1. The standard InChI is InChI=1S/C11H13NO3S/c1-16-7-6-15-12-10(13)8-4-2-3-5-9(8)11(12)14/h2-5,10,13H,6-7H2,1H3. The van der Waals surface area contributed by atoms with Gasteiger partial charge in [0, 0.05) is 16.9 Å². The highest BCUT2D eigenvalue weighted by Gasteiger charge is 2.36. The summed E-state index contributed by atoms with van der Waals surface area (Å²) < 4.78 is 0. The van der Waals surface area contributed by atoms with Gasteiger partial charge in [-0.15, -0.1) is 0 Å². The number of hydroxylamine groups is 2. The summed E-state index contributed by atoms with van der Waals surface area (Å²) in [5, 5.41) is 10.9. The Kier molecular flexibility index (Phi) is 3.48. The average Bonchev–Trinajstić information content (AvgIpc) is 2.55. The Labute approximate surface area is 98.2 Å². The number of carbonyl (C=O) groups excluding carboxylic acids is 1. The van der Waals surface area contributed by atoms with Gasteiger partial charge in [-0.3, -0.25) is 9.63 Å². The lowest BCUT2D eigenvalue weighted by Crippen LogP contribution is -2.29. The van der Waals surface area contributed by atoms with Crippen LogP contribution in [0.3, 0.4) is 0 Å². The number of amides is 1. The van der Waals surface area contributed by atoms with Crippen molar-refractivity contribution in [1.82, 2.24) is 5.06 Å². The number of nitrogens with zero attached hydrogens (tertiary/aromatic N) is 1. The minimum absolute atomic E-state index is 0.274. The van der Waals surface area contributed by atoms with Crippen LogP contribution in [-0.2, 0) is 4.84 Å². The number of fused-ring (bicyclic) bond motifs is 1. The van der Waals surface area contributed by atoms with Crippen LogP contribution in [0.15, 0.2) is 24.3 Å². The maximum atomic E-state index is 11.8. The molecule has 5 heteroatoms. The van der Waals surface area contributed by atoms with Crippen molar-refractivity contribution in [3.05, 3.63) is 35.4 Å². The first-order valence-electron chi connectivity index (χ1n) is 4.98. The zero-order valence-electron chi connectivity index (χ0n) is 8.92. The lowest BCUT2D eigenvalue weighted by molar-refractivity contribution is -0.194. The first-order chi connectivity index (χ1) is 7.75. The summed E-state index contributed by atoms with van der Waals surface area (Å²) in [7, 11) is 0. The van der Waals surface area contributed by atoms with Crippen molar-refractivity contribution in [3.63, 3.8) is 0 Å². The predicted octanol–water partition coefficient (Wildman–Crippen LogP) is 1.43. The van der Waals surface area contributed by atoms with Crippen molar-refractivity contribution < 1.29 is 14.7 Å². The average molecular weight is 239 g/mol. The molecule has 16 heavy (non-hydrogen) atoms. The molecule has 1 aromatic rings. The molecule has 1 amide bonds. The molecule has 1 atom stereocenters. The van der Waals surface area contributed by atoms with Gasteiger partial charge in [-0.1, -0.05) is 18.2 Å². The molecule has 1 aliphatic rings. The third-order valence-electron chi connectivity index (χ3n) is 2.41. The molecule has 0 saturated heterocycles. The van der Waals surface area contributed by atoms with Crippen LogP contribution in [-0.4, -0.2) is 34.7 Å². The number of benzene rings is 1. The molecule has 0 radical (unpaired) electrons. The van der Waals surface area contributed by atoms with E-state index in [2.05, 4.69) is 0 Å². The number of carbonyl (C=O) groups is 1. The van der Waals surface area contributed by atoms with Crippen LogP contribution in [0, 0.1) is 0 Å². The van der Waals surface area contributed by atoms with Crippen LogP contribution >= 0.6 is 11.8 Å². The molecule has 0 spiro atoms. The van der Waals surface area contributed by atoms with E-state index in [1.54, 1.807) is 36.0 Å². The Morgan fingerprint density at radius 2 is 2.25 bits per heavy atom. The zero-order chi connectivity index (χ0) is 11.5. The van der Waals surface area contributed by atoms with Gasteiger partial charge in [0.1, 0.15) is 0 Å². The highest BCUT2D eigenvalue weighted by atomic mass is 32.2. The van der Waals surface area contributed by atoms with E-state index in [-0.39, 0.29) is 5.91 Å². The van der Waals surface area contributed by atoms with E-state index in [4.69, 9.17) is 4.84 Å². The Morgan fingerprint density at radius 1 is 1.50 bits per heavy atom. The lowest BCUT2D eigenvalue weighted by Gasteiger charge is -2.19. The van der Waals surface area contributed by atoms with Gasteiger partial charge < -0.3 is 5.11 Å². The predicted molar refractivity (Wildman–Crippen MR) is 61.9 cm³/mol. The molecule has 0 aliphatic carbocycles. The molecule has 2 rings (SSSR count). The summed E-state index contributed by atoms with van der Waals surface area (Å²) >= 11 is 1.63. The largest absolute Gasteiger partial charge is 0.367 e. The van der Waals surface area contributed by atoms with Gasteiger partial charge in [-0.25, -0.2) is 0 Å². The fraction of sp³-hybridized carbons (Fsp3) is 0.364. The van der Waals surface area contributed by atoms with E-state index in [0.717, 1.165) is 10.8 Å². The highest BCUT2D eigenvalue weighted by molar-refractivity contribution is 7.98. The summed E-state index contributed by atoms with van der Waals surface area (Å²) in [4.78, 5) is 17.1. The summed E-state index contributed by atoms with van der Waals surface area (Å²) in [6, 6.07) is 6.99. The molecule has 0 aromatic heterocycles. The lowest BCUT2D eigenvalue weighted by atomic mass is 10.1. The number of rotatable bonds is 4. The van der Waals surface area contributed by atoms with Gasteiger partial charge in [-0.2, -0.15) is 16.8 Å². The minimum Gasteiger partial charge on any atom is -0.367 e. The van der Waals surface area contributed by atoms with E-state index in [1.807, 2.05) is 6.26 Å². The monoisotopic (exact) mass is 239 g/mol. The summed E-state index contributed by atoms with van der Waals surface area (Å²) in [5.41, 5.74) is 1.12. The van der Waals surface area contributed by atoms with E-state index in [1.165, 1.54) is 0 Å². The van der Waals surface area contributed by atoms with Crippen molar-refractivity contribution in [2.24, 2.45) is 0 Å². The van der Waals surface area contributed by atoms with E-state index in [0.29, 0.717) is 17.7 Å². The third-order valence-corrected chi connectivity index (χ3v) is 2.98. The van der Waals surface area contributed by atoms with Crippen LogP contribution in [0.25, 0.3) is 0 Å². The number of hydrogen-bond donors (Lipinski definition) is 1. The molecule has 1 heterocycles. The zero-order valence-corrected chi connectivity index (χ0v) is 9.74. The minimum atomic E-state index is -0.981. The molecular weight excluding hydrogens is 226 g/mol. The molecule has 0 saturated carbocycles. The fourth-order valence-electron chi connectivity index (χ4n) is 1.62. The quantitative estimate of drug-likeness (QED) is 0.807. The SMILES string of the molecule is CSCCON1C(=O)c2ccccc2C1O. The molecule has 1 aliphatic heterocycles. The van der Waals surface area contributed by atoms with Gasteiger partial charge in [-0.05, 0) is 12.3 Å². The van der Waals surface area contributed by atoms with E-state index in [9.17, 15) is 9.90 Å². The fourth-order valence-corrected chi connectivity index (χ4v) is 1.86. The molecule has 1 N–H and O–H groups in total. The topological polar surface area (TPSA) is 49.8 Å². The Morgan fingerprint density at radius 3 is 2.94 bits per heavy atom. The highest BCUT2D eigenvalue weighted by Crippen LogP contribution is 2.31. The normalized spacial score (nSPS) is 19.0. The van der Waals surface area contributed by atoms with Gasteiger partial charge in [0.05, 0.1) is 6.61 Å². The van der Waals surface area contributed by atoms with Gasteiger partial charge in [0.2, 0.25) is 0 Å². The van der Waals surface area contributed by atoms with Crippen LogP contribution in [0.4, 0.5) is 0 Å². The number of aliphatic hydroxyl groups is 1. The second-order valence-electron chi connectivity index (χ2n) is 3.42. The van der Waals surface area contributed by atoms with Gasteiger partial charge >= 0.3 is 0 Å². The van der Waals surface area contributed by atoms with Crippen LogP contribution in [0.1, 0.15) is 22.1 Å². The van der Waals surface area contributed by atoms with Crippen LogP contribution in [0.2, 0.25) is 0 Å². The van der Waals surface area contributed by atoms with Crippen molar-refractivity contribution in [2.75, 3.05) is 18.6 Å². The Balaban J connectivity index is 2.12. The van der Waals surface area contributed by atoms with Crippen LogP contribution < -0.4 is 0 Å².